The Labute approximate surface area is 121 Å². The molecule has 3 N–H and O–H groups in total. The molecule has 5 atom stereocenters. The molecule has 0 aromatic heterocycles. The summed E-state index contributed by atoms with van der Waals surface area (Å²) in [6.45, 7) is 4.31. The van der Waals surface area contributed by atoms with Gasteiger partial charge in [0.15, 0.2) is 0 Å². The summed E-state index contributed by atoms with van der Waals surface area (Å²) in [5, 5.41) is 28.7. The van der Waals surface area contributed by atoms with Crippen LogP contribution in [-0.4, -0.2) is 33.5 Å². The molecule has 4 nitrogen and oxygen atoms in total. The Morgan fingerprint density at radius 1 is 1.30 bits per heavy atom. The van der Waals surface area contributed by atoms with E-state index in [0.29, 0.717) is 5.92 Å². The van der Waals surface area contributed by atoms with Gasteiger partial charge in [0, 0.05) is 18.3 Å². The molecule has 0 bridgehead atoms. The molecule has 116 valence electrons. The molecule has 20 heavy (non-hydrogen) atoms. The van der Waals surface area contributed by atoms with Gasteiger partial charge in [-0.1, -0.05) is 45.3 Å². The zero-order valence-corrected chi connectivity index (χ0v) is 12.5. The summed E-state index contributed by atoms with van der Waals surface area (Å²) in [5.74, 6) is -1.11. The molecule has 4 heteroatoms. The standard InChI is InChI=1S/C16H28O4/c1-3-4-5-6-11(2)7-8-12-13(9-16(19)20)15(18)10-14(12)17/h7-8,11-15,17-18H,3-6,9-10H2,1-2H3,(H,19,20)/t11?,12-,13-,14-,15+/m0/s1. The lowest BCUT2D eigenvalue weighted by molar-refractivity contribution is -0.139. The fourth-order valence-electron chi connectivity index (χ4n) is 3.00. The normalized spacial score (nSPS) is 31.8. The van der Waals surface area contributed by atoms with E-state index in [-0.39, 0.29) is 24.7 Å². The van der Waals surface area contributed by atoms with Gasteiger partial charge in [-0.25, -0.2) is 0 Å². The van der Waals surface area contributed by atoms with Gasteiger partial charge < -0.3 is 15.3 Å². The van der Waals surface area contributed by atoms with Gasteiger partial charge >= 0.3 is 5.97 Å². The fraction of sp³-hybridized carbons (Fsp3) is 0.812. The van der Waals surface area contributed by atoms with Gasteiger partial charge in [-0.3, -0.25) is 4.79 Å². The van der Waals surface area contributed by atoms with Crippen molar-refractivity contribution in [2.75, 3.05) is 0 Å². The SMILES string of the molecule is CCCCCC(C)C=C[C@H]1[C@H](CC(=O)O)[C@H](O)C[C@@H]1O. The van der Waals surface area contributed by atoms with Crippen LogP contribution in [0.5, 0.6) is 0 Å². The fourth-order valence-corrected chi connectivity index (χ4v) is 3.00. The van der Waals surface area contributed by atoms with Crippen LogP contribution in [0.25, 0.3) is 0 Å². The van der Waals surface area contributed by atoms with E-state index < -0.39 is 18.2 Å². The summed E-state index contributed by atoms with van der Waals surface area (Å²) in [6, 6.07) is 0. The molecule has 0 amide bonds. The predicted molar refractivity (Wildman–Crippen MR) is 78.3 cm³/mol. The van der Waals surface area contributed by atoms with Gasteiger partial charge in [0.1, 0.15) is 0 Å². The number of hydrogen-bond acceptors (Lipinski definition) is 3. The molecule has 0 aromatic carbocycles. The van der Waals surface area contributed by atoms with Crippen LogP contribution in [-0.2, 0) is 4.79 Å². The molecular weight excluding hydrogens is 256 g/mol. The average molecular weight is 284 g/mol. The van der Waals surface area contributed by atoms with Crippen LogP contribution in [0.1, 0.15) is 52.4 Å². The van der Waals surface area contributed by atoms with Crippen LogP contribution < -0.4 is 0 Å². The van der Waals surface area contributed by atoms with Gasteiger partial charge in [-0.2, -0.15) is 0 Å². The number of aliphatic hydroxyl groups is 2. The molecule has 0 aromatic rings. The van der Waals surface area contributed by atoms with Crippen molar-refractivity contribution in [1.29, 1.82) is 0 Å². The molecule has 1 rings (SSSR count). The Balaban J connectivity index is 2.55. The van der Waals surface area contributed by atoms with Gasteiger partial charge in [-0.15, -0.1) is 0 Å². The van der Waals surface area contributed by atoms with E-state index in [4.69, 9.17) is 5.11 Å². The lowest BCUT2D eigenvalue weighted by Crippen LogP contribution is -2.23. The second kappa shape index (κ2) is 8.42. The van der Waals surface area contributed by atoms with Crippen LogP contribution in [0.15, 0.2) is 12.2 Å². The van der Waals surface area contributed by atoms with Gasteiger partial charge in [-0.05, 0) is 12.3 Å². The molecule has 1 unspecified atom stereocenters. The minimum atomic E-state index is -0.919. The number of rotatable bonds is 8. The lowest BCUT2D eigenvalue weighted by atomic mass is 9.89. The number of unbranched alkanes of at least 4 members (excludes halogenated alkanes) is 2. The van der Waals surface area contributed by atoms with Gasteiger partial charge in [0.2, 0.25) is 0 Å². The van der Waals surface area contributed by atoms with Crippen molar-refractivity contribution >= 4 is 5.97 Å². The quantitative estimate of drug-likeness (QED) is 0.473. The lowest BCUT2D eigenvalue weighted by Gasteiger charge is -2.19. The molecule has 0 radical (unpaired) electrons. The first-order valence-electron chi connectivity index (χ1n) is 7.72. The van der Waals surface area contributed by atoms with Crippen LogP contribution in [0.4, 0.5) is 0 Å². The molecule has 1 aliphatic carbocycles. The van der Waals surface area contributed by atoms with Crippen molar-refractivity contribution in [2.24, 2.45) is 17.8 Å². The molecule has 1 fully saturated rings. The highest BCUT2D eigenvalue weighted by atomic mass is 16.4. The first kappa shape index (κ1) is 17.2. The summed E-state index contributed by atoms with van der Waals surface area (Å²) >= 11 is 0. The van der Waals surface area contributed by atoms with Crippen molar-refractivity contribution in [2.45, 2.75) is 64.6 Å². The highest BCUT2D eigenvalue weighted by molar-refractivity contribution is 5.67. The Bertz CT molecular complexity index is 326. The average Bonchev–Trinajstić information content (AvgIpc) is 2.62. The Morgan fingerprint density at radius 2 is 2.00 bits per heavy atom. The maximum absolute atomic E-state index is 10.8. The van der Waals surface area contributed by atoms with E-state index in [9.17, 15) is 15.0 Å². The molecule has 1 aliphatic rings. The molecular formula is C16H28O4. The Morgan fingerprint density at radius 3 is 2.60 bits per heavy atom. The highest BCUT2D eigenvalue weighted by Gasteiger charge is 2.41. The van der Waals surface area contributed by atoms with Crippen LogP contribution in [0.3, 0.4) is 0 Å². The molecule has 1 saturated carbocycles. The summed E-state index contributed by atoms with van der Waals surface area (Å²) < 4.78 is 0. The summed E-state index contributed by atoms with van der Waals surface area (Å²) in [7, 11) is 0. The van der Waals surface area contributed by atoms with E-state index in [0.717, 1.165) is 6.42 Å². The summed E-state index contributed by atoms with van der Waals surface area (Å²) in [4.78, 5) is 10.8. The zero-order chi connectivity index (χ0) is 15.1. The minimum absolute atomic E-state index is 0.0859. The van der Waals surface area contributed by atoms with Crippen molar-refractivity contribution in [3.63, 3.8) is 0 Å². The number of aliphatic hydroxyl groups excluding tert-OH is 2. The third kappa shape index (κ3) is 5.25. The van der Waals surface area contributed by atoms with E-state index in [1.165, 1.54) is 19.3 Å². The first-order chi connectivity index (χ1) is 9.45. The Kier molecular flexibility index (Phi) is 7.24. The predicted octanol–water partition coefficient (Wildman–Crippen LogP) is 2.59. The highest BCUT2D eigenvalue weighted by Crippen LogP contribution is 2.36. The van der Waals surface area contributed by atoms with E-state index in [1.54, 1.807) is 0 Å². The maximum atomic E-state index is 10.8. The molecule has 0 spiro atoms. The molecule has 0 heterocycles. The van der Waals surface area contributed by atoms with Gasteiger partial charge in [0.25, 0.3) is 0 Å². The second-order valence-corrected chi connectivity index (χ2v) is 6.07. The smallest absolute Gasteiger partial charge is 0.303 e. The molecule has 0 saturated heterocycles. The minimum Gasteiger partial charge on any atom is -0.481 e. The second-order valence-electron chi connectivity index (χ2n) is 6.07. The van der Waals surface area contributed by atoms with Gasteiger partial charge in [0.05, 0.1) is 18.6 Å². The van der Waals surface area contributed by atoms with Crippen molar-refractivity contribution in [3.05, 3.63) is 12.2 Å². The van der Waals surface area contributed by atoms with E-state index >= 15 is 0 Å². The van der Waals surface area contributed by atoms with Crippen molar-refractivity contribution in [3.8, 4) is 0 Å². The topological polar surface area (TPSA) is 77.8 Å². The maximum Gasteiger partial charge on any atom is 0.303 e. The number of aliphatic carboxylic acids is 1. The number of carboxylic acid groups (broad SMARTS) is 1. The number of carboxylic acids is 1. The van der Waals surface area contributed by atoms with Crippen molar-refractivity contribution in [1.82, 2.24) is 0 Å². The van der Waals surface area contributed by atoms with Crippen LogP contribution >= 0.6 is 0 Å². The number of carbonyl (C=O) groups is 1. The van der Waals surface area contributed by atoms with Crippen LogP contribution in [0, 0.1) is 17.8 Å². The molecule has 0 aliphatic heterocycles. The third-order valence-corrected chi connectivity index (χ3v) is 4.25. The zero-order valence-electron chi connectivity index (χ0n) is 12.5. The van der Waals surface area contributed by atoms with Crippen LogP contribution in [0.2, 0.25) is 0 Å². The van der Waals surface area contributed by atoms with Crippen molar-refractivity contribution < 1.29 is 20.1 Å². The number of allylic oxidation sites excluding steroid dienone is 1. The summed E-state index contributed by atoms with van der Waals surface area (Å²) in [6.07, 6.45) is 7.56. The van der Waals surface area contributed by atoms with E-state index in [1.807, 2.05) is 6.08 Å². The third-order valence-electron chi connectivity index (χ3n) is 4.25. The Hall–Kier alpha value is -0.870. The first-order valence-corrected chi connectivity index (χ1v) is 7.72. The monoisotopic (exact) mass is 284 g/mol. The van der Waals surface area contributed by atoms with E-state index in [2.05, 4.69) is 19.9 Å². The number of hydrogen-bond donors (Lipinski definition) is 3. The largest absolute Gasteiger partial charge is 0.481 e. The summed E-state index contributed by atoms with van der Waals surface area (Å²) in [5.41, 5.74) is 0.